The molecule has 1 aromatic carbocycles. The van der Waals surface area contributed by atoms with Gasteiger partial charge >= 0.3 is 0 Å². The fourth-order valence-electron chi connectivity index (χ4n) is 3.44. The van der Waals surface area contributed by atoms with Crippen LogP contribution in [0.25, 0.3) is 0 Å². The maximum atomic E-state index is 12.9. The highest BCUT2D eigenvalue weighted by Crippen LogP contribution is 2.29. The first-order chi connectivity index (χ1) is 12.0. The molecule has 2 fully saturated rings. The Kier molecular flexibility index (Phi) is 5.49. The number of hydrogen-bond donors (Lipinski definition) is 0. The fourth-order valence-corrected chi connectivity index (χ4v) is 3.71. The van der Waals surface area contributed by atoms with Gasteiger partial charge in [0.05, 0.1) is 12.7 Å². The van der Waals surface area contributed by atoms with Crippen molar-refractivity contribution in [3.05, 3.63) is 28.3 Å². The lowest BCUT2D eigenvalue weighted by molar-refractivity contribution is -0.142. The van der Waals surface area contributed by atoms with E-state index in [1.807, 2.05) is 6.92 Å². The first kappa shape index (κ1) is 18.0. The van der Waals surface area contributed by atoms with Crippen molar-refractivity contribution in [2.45, 2.75) is 25.9 Å². The van der Waals surface area contributed by atoms with Gasteiger partial charge in [-0.05, 0) is 37.5 Å². The first-order valence-corrected chi connectivity index (χ1v) is 8.93. The average molecular weight is 367 g/mol. The summed E-state index contributed by atoms with van der Waals surface area (Å²) in [7, 11) is 1.55. The van der Waals surface area contributed by atoms with Gasteiger partial charge in [0.1, 0.15) is 11.9 Å². The summed E-state index contributed by atoms with van der Waals surface area (Å²) in [5.41, 5.74) is 1.29. The van der Waals surface area contributed by atoms with Crippen molar-refractivity contribution in [3.63, 3.8) is 0 Å². The summed E-state index contributed by atoms with van der Waals surface area (Å²) in [4.78, 5) is 28.8. The van der Waals surface area contributed by atoms with Crippen LogP contribution in [0.3, 0.4) is 0 Å². The molecule has 25 heavy (non-hydrogen) atoms. The molecule has 0 radical (unpaired) electrons. The molecule has 0 aliphatic carbocycles. The van der Waals surface area contributed by atoms with Crippen LogP contribution in [0.4, 0.5) is 0 Å². The minimum Gasteiger partial charge on any atom is -0.496 e. The lowest BCUT2D eigenvalue weighted by Crippen LogP contribution is -2.52. The Morgan fingerprint density at radius 1 is 1.20 bits per heavy atom. The van der Waals surface area contributed by atoms with E-state index in [-0.39, 0.29) is 17.9 Å². The molecule has 0 bridgehead atoms. The fraction of sp³-hybridized carbons (Fsp3) is 0.556. The van der Waals surface area contributed by atoms with Crippen LogP contribution in [0.1, 0.15) is 28.8 Å². The number of carbonyl (C=O) groups is 2. The second kappa shape index (κ2) is 7.62. The number of carbonyl (C=O) groups excluding carboxylic acids is 2. The Morgan fingerprint density at radius 2 is 1.88 bits per heavy atom. The summed E-state index contributed by atoms with van der Waals surface area (Å²) < 4.78 is 10.8. The van der Waals surface area contributed by atoms with Gasteiger partial charge in [-0.25, -0.2) is 0 Å². The molecule has 2 heterocycles. The zero-order valence-electron chi connectivity index (χ0n) is 14.6. The number of halogens is 1. The van der Waals surface area contributed by atoms with Crippen molar-refractivity contribution in [2.24, 2.45) is 0 Å². The van der Waals surface area contributed by atoms with Gasteiger partial charge in [-0.15, -0.1) is 0 Å². The number of amides is 2. The van der Waals surface area contributed by atoms with E-state index in [0.29, 0.717) is 49.1 Å². The molecule has 0 aromatic heterocycles. The molecule has 2 aliphatic rings. The van der Waals surface area contributed by atoms with E-state index >= 15 is 0 Å². The lowest BCUT2D eigenvalue weighted by Gasteiger charge is -2.36. The highest BCUT2D eigenvalue weighted by atomic mass is 35.5. The highest BCUT2D eigenvalue weighted by Gasteiger charge is 2.32. The normalized spacial score (nSPS) is 20.7. The van der Waals surface area contributed by atoms with Crippen molar-refractivity contribution in [1.29, 1.82) is 0 Å². The number of piperazine rings is 1. The van der Waals surface area contributed by atoms with Crippen molar-refractivity contribution in [1.82, 2.24) is 9.80 Å². The third-order valence-corrected chi connectivity index (χ3v) is 4.98. The first-order valence-electron chi connectivity index (χ1n) is 8.55. The summed E-state index contributed by atoms with van der Waals surface area (Å²) in [5.74, 6) is 0.472. The molecule has 0 spiro atoms. The van der Waals surface area contributed by atoms with E-state index in [0.717, 1.165) is 18.4 Å². The van der Waals surface area contributed by atoms with Gasteiger partial charge in [-0.3, -0.25) is 9.59 Å². The van der Waals surface area contributed by atoms with E-state index in [4.69, 9.17) is 21.1 Å². The number of rotatable bonds is 3. The van der Waals surface area contributed by atoms with Gasteiger partial charge in [0, 0.05) is 37.8 Å². The average Bonchev–Trinajstić information content (AvgIpc) is 3.14. The third kappa shape index (κ3) is 3.75. The summed E-state index contributed by atoms with van der Waals surface area (Å²) in [6.07, 6.45) is 1.41. The molecule has 2 aliphatic heterocycles. The Balaban J connectivity index is 1.67. The standard InChI is InChI=1S/C18H23ClN2O4/c1-12-10-13(19)11-14(16(12)24-2)17(22)20-5-7-21(8-6-20)18(23)15-4-3-9-25-15/h10-11,15H,3-9H2,1-2H3. The second-order valence-corrected chi connectivity index (χ2v) is 6.86. The second-order valence-electron chi connectivity index (χ2n) is 6.42. The zero-order chi connectivity index (χ0) is 18.0. The molecule has 1 atom stereocenters. The Labute approximate surface area is 152 Å². The summed E-state index contributed by atoms with van der Waals surface area (Å²) in [6.45, 7) is 4.54. The highest BCUT2D eigenvalue weighted by molar-refractivity contribution is 6.31. The molecule has 3 rings (SSSR count). The predicted octanol–water partition coefficient (Wildman–Crippen LogP) is 2.12. The van der Waals surface area contributed by atoms with Crippen LogP contribution in [-0.2, 0) is 9.53 Å². The molecule has 0 N–H and O–H groups in total. The molecule has 6 nitrogen and oxygen atoms in total. The molecule has 7 heteroatoms. The van der Waals surface area contributed by atoms with Crippen LogP contribution in [-0.4, -0.2) is 67.6 Å². The predicted molar refractivity (Wildman–Crippen MR) is 94.2 cm³/mol. The summed E-state index contributed by atoms with van der Waals surface area (Å²) >= 11 is 6.11. The van der Waals surface area contributed by atoms with Crippen LogP contribution < -0.4 is 4.74 Å². The maximum absolute atomic E-state index is 12.9. The molecular weight excluding hydrogens is 344 g/mol. The van der Waals surface area contributed by atoms with Gasteiger partial charge in [-0.1, -0.05) is 11.6 Å². The molecule has 1 unspecified atom stereocenters. The summed E-state index contributed by atoms with van der Waals surface area (Å²) in [6, 6.07) is 3.41. The number of nitrogens with zero attached hydrogens (tertiary/aromatic N) is 2. The topological polar surface area (TPSA) is 59.1 Å². The van der Waals surface area contributed by atoms with Crippen molar-refractivity contribution in [2.75, 3.05) is 39.9 Å². The van der Waals surface area contributed by atoms with Gasteiger partial charge < -0.3 is 19.3 Å². The van der Waals surface area contributed by atoms with E-state index in [2.05, 4.69) is 0 Å². The van der Waals surface area contributed by atoms with Gasteiger partial charge in [0.15, 0.2) is 0 Å². The number of aryl methyl sites for hydroxylation is 1. The monoisotopic (exact) mass is 366 g/mol. The molecule has 2 amide bonds. The van der Waals surface area contributed by atoms with Crippen molar-refractivity contribution >= 4 is 23.4 Å². The minimum atomic E-state index is -0.307. The van der Waals surface area contributed by atoms with E-state index in [1.165, 1.54) is 0 Å². The number of ether oxygens (including phenoxy) is 2. The van der Waals surface area contributed by atoms with Gasteiger partial charge in [0.25, 0.3) is 11.8 Å². The Morgan fingerprint density at radius 3 is 2.48 bits per heavy atom. The molecule has 136 valence electrons. The summed E-state index contributed by atoms with van der Waals surface area (Å²) in [5, 5.41) is 0.508. The molecule has 2 saturated heterocycles. The van der Waals surface area contributed by atoms with Gasteiger partial charge in [0.2, 0.25) is 0 Å². The maximum Gasteiger partial charge on any atom is 0.257 e. The SMILES string of the molecule is COc1c(C)cc(Cl)cc1C(=O)N1CCN(C(=O)C2CCCO2)CC1. The smallest absolute Gasteiger partial charge is 0.257 e. The third-order valence-electron chi connectivity index (χ3n) is 4.76. The molecule has 1 aromatic rings. The van der Waals surface area contributed by atoms with Crippen LogP contribution in [0, 0.1) is 6.92 Å². The minimum absolute atomic E-state index is 0.0424. The quantitative estimate of drug-likeness (QED) is 0.822. The van der Waals surface area contributed by atoms with Crippen molar-refractivity contribution < 1.29 is 19.1 Å². The molecular formula is C18H23ClN2O4. The largest absolute Gasteiger partial charge is 0.496 e. The zero-order valence-corrected chi connectivity index (χ0v) is 15.3. The Hall–Kier alpha value is -1.79. The number of benzene rings is 1. The van der Waals surface area contributed by atoms with Crippen molar-refractivity contribution in [3.8, 4) is 5.75 Å². The molecule has 0 saturated carbocycles. The van der Waals surface area contributed by atoms with E-state index in [9.17, 15) is 9.59 Å². The van der Waals surface area contributed by atoms with E-state index < -0.39 is 0 Å². The number of methoxy groups -OCH3 is 1. The number of hydrogen-bond acceptors (Lipinski definition) is 4. The van der Waals surface area contributed by atoms with Crippen LogP contribution >= 0.6 is 11.6 Å². The Bertz CT molecular complexity index is 665. The van der Waals surface area contributed by atoms with Crippen LogP contribution in [0.5, 0.6) is 5.75 Å². The van der Waals surface area contributed by atoms with Crippen LogP contribution in [0.15, 0.2) is 12.1 Å². The lowest BCUT2D eigenvalue weighted by atomic mass is 10.1. The van der Waals surface area contributed by atoms with Crippen LogP contribution in [0.2, 0.25) is 5.02 Å². The van der Waals surface area contributed by atoms with Gasteiger partial charge in [-0.2, -0.15) is 0 Å². The van der Waals surface area contributed by atoms with E-state index in [1.54, 1.807) is 29.0 Å².